The number of hydrogen-bond acceptors (Lipinski definition) is 9. The second kappa shape index (κ2) is 16.7. The fraction of sp³-hybridized carbons (Fsp3) is 0.424. The summed E-state index contributed by atoms with van der Waals surface area (Å²) >= 11 is 1.44. The van der Waals surface area contributed by atoms with E-state index in [1.165, 1.54) is 34.8 Å². The summed E-state index contributed by atoms with van der Waals surface area (Å²) < 4.78 is 6.12. The number of thiophene rings is 1. The molecule has 4 amide bonds. The monoisotopic (exact) mass is 648 g/mol. The van der Waals surface area contributed by atoms with Crippen molar-refractivity contribution in [3.05, 3.63) is 82.6 Å². The van der Waals surface area contributed by atoms with Crippen molar-refractivity contribution >= 4 is 41.3 Å². The molecule has 244 valence electrons. The van der Waals surface area contributed by atoms with E-state index in [0.29, 0.717) is 19.3 Å². The molecule has 5 atom stereocenters. The third kappa shape index (κ3) is 9.27. The minimum atomic E-state index is -1.01. The van der Waals surface area contributed by atoms with Crippen molar-refractivity contribution < 1.29 is 28.7 Å². The van der Waals surface area contributed by atoms with Crippen LogP contribution in [0.2, 0.25) is 0 Å². The molecule has 1 aromatic carbocycles. The Bertz CT molecular complexity index is 1460. The second-order valence-corrected chi connectivity index (χ2v) is 12.5. The summed E-state index contributed by atoms with van der Waals surface area (Å²) in [7, 11) is 0. The first-order valence-corrected chi connectivity index (χ1v) is 16.2. The number of hydrogen-bond donors (Lipinski definition) is 3. The first-order valence-electron chi connectivity index (χ1n) is 15.3. The van der Waals surface area contributed by atoms with E-state index in [-0.39, 0.29) is 31.0 Å². The Morgan fingerprint density at radius 3 is 2.48 bits per heavy atom. The van der Waals surface area contributed by atoms with Crippen molar-refractivity contribution in [2.24, 2.45) is 5.92 Å². The number of likely N-dealkylation sites (tertiary alicyclic amines) is 1. The van der Waals surface area contributed by atoms with Crippen molar-refractivity contribution in [3.8, 4) is 0 Å². The maximum atomic E-state index is 14.2. The Hall–Kier alpha value is -4.49. The molecule has 1 aliphatic heterocycles. The van der Waals surface area contributed by atoms with Crippen molar-refractivity contribution in [1.82, 2.24) is 30.8 Å². The predicted molar refractivity (Wildman–Crippen MR) is 172 cm³/mol. The van der Waals surface area contributed by atoms with Crippen LogP contribution >= 0.6 is 11.3 Å². The molecule has 3 heterocycles. The lowest BCUT2D eigenvalue weighted by Crippen LogP contribution is -2.59. The van der Waals surface area contributed by atoms with Crippen LogP contribution in [0.15, 0.2) is 66.4 Å². The number of carbonyl (C=O) groups is 5. The topological polar surface area (TPSA) is 160 Å². The van der Waals surface area contributed by atoms with Crippen molar-refractivity contribution in [2.75, 3.05) is 6.54 Å². The van der Waals surface area contributed by atoms with Gasteiger partial charge in [0.25, 0.3) is 5.91 Å². The molecule has 0 saturated carbocycles. The highest BCUT2D eigenvalue weighted by molar-refractivity contribution is 7.09. The minimum absolute atomic E-state index is 0.0520. The molecule has 1 aliphatic rings. The van der Waals surface area contributed by atoms with E-state index in [0.717, 1.165) is 10.4 Å². The van der Waals surface area contributed by atoms with Crippen LogP contribution in [0.1, 0.15) is 54.5 Å². The van der Waals surface area contributed by atoms with E-state index in [9.17, 15) is 24.0 Å². The number of nitrogens with one attached hydrogen (secondary N) is 3. The van der Waals surface area contributed by atoms with Crippen LogP contribution in [-0.4, -0.2) is 81.6 Å². The summed E-state index contributed by atoms with van der Waals surface area (Å²) in [5.41, 5.74) is 1.00. The maximum absolute atomic E-state index is 14.2. The highest BCUT2D eigenvalue weighted by Gasteiger charge is 2.44. The van der Waals surface area contributed by atoms with Crippen LogP contribution in [0.3, 0.4) is 0 Å². The van der Waals surface area contributed by atoms with Gasteiger partial charge in [0.05, 0.1) is 24.9 Å². The number of aromatic nitrogens is 2. The molecule has 0 bridgehead atoms. The largest absolute Gasteiger partial charge is 0.372 e. The zero-order chi connectivity index (χ0) is 33.1. The molecule has 4 rings (SSSR count). The van der Waals surface area contributed by atoms with E-state index in [1.807, 2.05) is 47.8 Å². The molecule has 2 aromatic heterocycles. The van der Waals surface area contributed by atoms with Crippen molar-refractivity contribution in [3.63, 3.8) is 0 Å². The Balaban J connectivity index is 1.53. The van der Waals surface area contributed by atoms with Gasteiger partial charge in [-0.2, -0.15) is 0 Å². The van der Waals surface area contributed by atoms with Crippen molar-refractivity contribution in [1.29, 1.82) is 0 Å². The van der Waals surface area contributed by atoms with Gasteiger partial charge < -0.3 is 30.4 Å². The number of nitrogens with zero attached hydrogens (tertiary/aromatic N) is 3. The number of amides is 4. The molecule has 0 unspecified atom stereocenters. The lowest BCUT2D eigenvalue weighted by Gasteiger charge is -2.31. The van der Waals surface area contributed by atoms with Gasteiger partial charge in [0, 0.05) is 36.7 Å². The predicted octanol–water partition coefficient (Wildman–Crippen LogP) is 2.30. The number of benzene rings is 1. The Kier molecular flexibility index (Phi) is 12.5. The quantitative estimate of drug-likeness (QED) is 0.212. The highest BCUT2D eigenvalue weighted by Crippen LogP contribution is 2.25. The van der Waals surface area contributed by atoms with Crippen LogP contribution in [0.5, 0.6) is 0 Å². The zero-order valence-electron chi connectivity index (χ0n) is 26.1. The van der Waals surface area contributed by atoms with Gasteiger partial charge in [-0.3, -0.25) is 24.2 Å². The fourth-order valence-electron chi connectivity index (χ4n) is 5.14. The molecule has 3 aromatic rings. The van der Waals surface area contributed by atoms with Crippen molar-refractivity contribution in [2.45, 2.75) is 76.9 Å². The van der Waals surface area contributed by atoms with Crippen LogP contribution in [-0.2, 0) is 36.9 Å². The molecule has 3 N–H and O–H groups in total. The van der Waals surface area contributed by atoms with Gasteiger partial charge >= 0.3 is 0 Å². The first-order chi connectivity index (χ1) is 22.2. The average Bonchev–Trinajstić information content (AvgIpc) is 3.75. The average molecular weight is 649 g/mol. The molecule has 13 heteroatoms. The van der Waals surface area contributed by atoms with Crippen LogP contribution in [0.4, 0.5) is 0 Å². The molecule has 46 heavy (non-hydrogen) atoms. The van der Waals surface area contributed by atoms with Gasteiger partial charge in [-0.05, 0) is 29.3 Å². The summed E-state index contributed by atoms with van der Waals surface area (Å²) in [6, 6.07) is 9.66. The lowest BCUT2D eigenvalue weighted by atomic mass is 10.0. The van der Waals surface area contributed by atoms with Gasteiger partial charge in [0.15, 0.2) is 0 Å². The Morgan fingerprint density at radius 2 is 1.85 bits per heavy atom. The summed E-state index contributed by atoms with van der Waals surface area (Å²) in [5, 5.41) is 10.2. The molecule has 12 nitrogen and oxygen atoms in total. The lowest BCUT2D eigenvalue weighted by molar-refractivity contribution is -0.143. The summed E-state index contributed by atoms with van der Waals surface area (Å²) in [4.78, 5) is 76.0. The SMILES string of the molecule is CC[C@@H](C=O)NC(=O)[C@@H]1C[C@@H](OCc2ccccc2)CN1C(=O)[C@@H](NC(=O)[C@H](Cc1cccs1)NC(=O)c1cnccn1)C(C)C. The second-order valence-electron chi connectivity index (χ2n) is 11.5. The van der Waals surface area contributed by atoms with Gasteiger partial charge in [-0.25, -0.2) is 4.98 Å². The molecular formula is C33H40N6O6S. The first kappa shape index (κ1) is 34.4. The summed E-state index contributed by atoms with van der Waals surface area (Å²) in [6.45, 7) is 5.80. The third-order valence-corrected chi connectivity index (χ3v) is 8.64. The molecule has 0 radical (unpaired) electrons. The minimum Gasteiger partial charge on any atom is -0.372 e. The molecule has 0 aliphatic carbocycles. The summed E-state index contributed by atoms with van der Waals surface area (Å²) in [5.74, 6) is -2.41. The van der Waals surface area contributed by atoms with Gasteiger partial charge in [0.2, 0.25) is 17.7 Å². The zero-order valence-corrected chi connectivity index (χ0v) is 26.9. The molecule has 1 fully saturated rings. The fourth-order valence-corrected chi connectivity index (χ4v) is 5.90. The standard InChI is InChI=1S/C33H40N6O6S/c1-4-23(19-40)36-32(43)28-15-24(45-20-22-9-6-5-7-10-22)18-39(28)33(44)29(21(2)3)38-30(41)26(16-25-11-8-14-46-25)37-31(42)27-17-34-12-13-35-27/h5-14,17,19,21,23-24,26,28-29H,4,15-16,18,20H2,1-3H3,(H,36,43)(H,37,42)(H,38,41)/t23-,24+,26-,28-,29-/m0/s1. The van der Waals surface area contributed by atoms with Gasteiger partial charge in [-0.15, -0.1) is 11.3 Å². The summed E-state index contributed by atoms with van der Waals surface area (Å²) in [6.07, 6.45) is 5.18. The van der Waals surface area contributed by atoms with E-state index < -0.39 is 53.9 Å². The van der Waals surface area contributed by atoms with E-state index in [4.69, 9.17) is 4.74 Å². The normalized spacial score (nSPS) is 18.0. The van der Waals surface area contributed by atoms with Crippen LogP contribution in [0.25, 0.3) is 0 Å². The number of rotatable bonds is 15. The van der Waals surface area contributed by atoms with Gasteiger partial charge in [0.1, 0.15) is 30.1 Å². The highest BCUT2D eigenvalue weighted by atomic mass is 32.1. The van der Waals surface area contributed by atoms with E-state index in [2.05, 4.69) is 25.9 Å². The Labute approximate surface area is 272 Å². The molecule has 1 saturated heterocycles. The molecular weight excluding hydrogens is 608 g/mol. The van der Waals surface area contributed by atoms with Crippen LogP contribution in [0, 0.1) is 5.92 Å². The van der Waals surface area contributed by atoms with Crippen LogP contribution < -0.4 is 16.0 Å². The number of aldehydes is 1. The van der Waals surface area contributed by atoms with E-state index >= 15 is 0 Å². The number of carbonyl (C=O) groups excluding carboxylic acids is 5. The van der Waals surface area contributed by atoms with Gasteiger partial charge in [-0.1, -0.05) is 57.2 Å². The van der Waals surface area contributed by atoms with E-state index in [1.54, 1.807) is 20.8 Å². The third-order valence-electron chi connectivity index (χ3n) is 7.74. The number of ether oxygens (including phenoxy) is 1. The smallest absolute Gasteiger partial charge is 0.272 e. The maximum Gasteiger partial charge on any atom is 0.272 e. The Morgan fingerprint density at radius 1 is 1.07 bits per heavy atom. The molecule has 0 spiro atoms.